The molecule has 0 N–H and O–H groups in total. The minimum absolute atomic E-state index is 0.0167. The zero-order valence-corrected chi connectivity index (χ0v) is 17.5. The number of aromatic nitrogens is 3. The van der Waals surface area contributed by atoms with Gasteiger partial charge in [0.05, 0.1) is 11.6 Å². The Hall–Kier alpha value is -1.31. The molecule has 0 bridgehead atoms. The third kappa shape index (κ3) is 4.15. The van der Waals surface area contributed by atoms with Crippen LogP contribution >= 0.6 is 11.3 Å². The van der Waals surface area contributed by atoms with E-state index < -0.39 is 0 Å². The van der Waals surface area contributed by atoms with Crippen molar-refractivity contribution in [3.8, 4) is 0 Å². The Kier molecular flexibility index (Phi) is 5.79. The Bertz CT molecular complexity index is 798. The number of thiazole rings is 1. The van der Waals surface area contributed by atoms with Gasteiger partial charge in [0.2, 0.25) is 0 Å². The van der Waals surface area contributed by atoms with Crippen LogP contribution in [0.1, 0.15) is 52.4 Å². The van der Waals surface area contributed by atoms with Gasteiger partial charge >= 0.3 is 0 Å². The minimum Gasteiger partial charge on any atom is -0.304 e. The maximum absolute atomic E-state index is 13.1. The summed E-state index contributed by atoms with van der Waals surface area (Å²) < 4.78 is 1.90. The second-order valence-corrected chi connectivity index (χ2v) is 9.34. The van der Waals surface area contributed by atoms with Gasteiger partial charge in [-0.25, -0.2) is 9.97 Å². The lowest BCUT2D eigenvalue weighted by atomic mass is 9.92. The maximum atomic E-state index is 13.1. The van der Waals surface area contributed by atoms with Crippen molar-refractivity contribution in [2.45, 2.75) is 53.1 Å². The lowest BCUT2D eigenvalue weighted by molar-refractivity contribution is 0.102. The smallest absolute Gasteiger partial charge is 0.280 e. The molecule has 0 spiro atoms. The molecule has 26 heavy (non-hydrogen) atoms. The van der Waals surface area contributed by atoms with Crippen LogP contribution in [0.4, 0.5) is 0 Å². The predicted octanol–water partition coefficient (Wildman–Crippen LogP) is 2.99. The zero-order valence-electron chi connectivity index (χ0n) is 16.7. The third-order valence-corrected chi connectivity index (χ3v) is 5.96. The molecule has 144 valence electrons. The maximum Gasteiger partial charge on any atom is 0.280 e. The quantitative estimate of drug-likeness (QED) is 0.802. The number of fused-ring (bicyclic) bond motifs is 1. The molecule has 0 aliphatic carbocycles. The second kappa shape index (κ2) is 7.74. The van der Waals surface area contributed by atoms with Crippen molar-refractivity contribution >= 4 is 21.7 Å². The average molecular weight is 378 g/mol. The normalized spacial score (nSPS) is 18.5. The molecule has 7 heteroatoms. The molecule has 1 fully saturated rings. The molecule has 6 nitrogen and oxygen atoms in total. The number of likely N-dealkylation sites (N-methyl/N-ethyl adjacent to an activating group) is 1. The van der Waals surface area contributed by atoms with Crippen molar-refractivity contribution in [2.24, 2.45) is 5.41 Å². The van der Waals surface area contributed by atoms with E-state index in [1.165, 1.54) is 11.3 Å². The lowest BCUT2D eigenvalue weighted by Crippen LogP contribution is -2.47. The van der Waals surface area contributed by atoms with Crippen molar-refractivity contribution < 1.29 is 0 Å². The molecule has 0 saturated carbocycles. The van der Waals surface area contributed by atoms with Crippen LogP contribution in [-0.2, 0) is 6.54 Å². The molecule has 3 heterocycles. The van der Waals surface area contributed by atoms with Crippen LogP contribution < -0.4 is 5.56 Å². The van der Waals surface area contributed by atoms with Gasteiger partial charge in [-0.15, -0.1) is 11.3 Å². The van der Waals surface area contributed by atoms with E-state index in [-0.39, 0.29) is 17.0 Å². The van der Waals surface area contributed by atoms with Crippen LogP contribution in [0.3, 0.4) is 0 Å². The van der Waals surface area contributed by atoms with Gasteiger partial charge in [0.1, 0.15) is 5.82 Å². The molecule has 1 aliphatic rings. The van der Waals surface area contributed by atoms with Crippen LogP contribution in [0.5, 0.6) is 0 Å². The van der Waals surface area contributed by atoms with E-state index in [1.54, 1.807) is 5.51 Å². The molecule has 3 rings (SSSR count). The Morgan fingerprint density at radius 1 is 1.23 bits per heavy atom. The molecule has 1 aliphatic heterocycles. The van der Waals surface area contributed by atoms with Crippen LogP contribution in [0.15, 0.2) is 10.3 Å². The van der Waals surface area contributed by atoms with E-state index in [1.807, 2.05) is 4.57 Å². The monoisotopic (exact) mass is 377 g/mol. The highest BCUT2D eigenvalue weighted by Gasteiger charge is 2.28. The molecule has 1 saturated heterocycles. The Morgan fingerprint density at radius 2 is 1.92 bits per heavy atom. The second-order valence-electron chi connectivity index (χ2n) is 8.51. The van der Waals surface area contributed by atoms with Gasteiger partial charge in [-0.2, -0.15) is 0 Å². The number of rotatable bonds is 5. The summed E-state index contributed by atoms with van der Waals surface area (Å²) in [6.45, 7) is 13.7. The number of nitrogens with zero attached hydrogens (tertiary/aromatic N) is 5. The average Bonchev–Trinajstić information content (AvgIpc) is 3.04. The summed E-state index contributed by atoms with van der Waals surface area (Å²) in [5.41, 5.74) is 2.43. The van der Waals surface area contributed by atoms with E-state index in [2.05, 4.69) is 49.5 Å². The van der Waals surface area contributed by atoms with Crippen molar-refractivity contribution in [3.63, 3.8) is 0 Å². The largest absolute Gasteiger partial charge is 0.304 e. The van der Waals surface area contributed by atoms with E-state index in [0.29, 0.717) is 12.1 Å². The molecular weight excluding hydrogens is 346 g/mol. The SMILES string of the molecule is CCC(c1nc2scnc2c(=O)n1CCC(C)(C)C)N1CCN(C)CC1. The van der Waals surface area contributed by atoms with Crippen molar-refractivity contribution in [1.29, 1.82) is 0 Å². The van der Waals surface area contributed by atoms with Crippen LogP contribution in [0.25, 0.3) is 10.3 Å². The highest BCUT2D eigenvalue weighted by molar-refractivity contribution is 7.16. The van der Waals surface area contributed by atoms with Gasteiger partial charge < -0.3 is 4.90 Å². The summed E-state index contributed by atoms with van der Waals surface area (Å²) in [5.74, 6) is 0.919. The minimum atomic E-state index is 0.0167. The standard InChI is InChI=1S/C19H31N5OS/c1-6-14(23-11-9-22(5)10-12-23)16-21-17-15(20-13-26-17)18(25)24(16)8-7-19(2,3)4/h13-14H,6-12H2,1-5H3. The summed E-state index contributed by atoms with van der Waals surface area (Å²) in [4.78, 5) is 27.9. The van der Waals surface area contributed by atoms with Crippen LogP contribution in [-0.4, -0.2) is 57.6 Å². The first-order valence-electron chi connectivity index (χ1n) is 9.56. The van der Waals surface area contributed by atoms with E-state index in [0.717, 1.165) is 49.7 Å². The summed E-state index contributed by atoms with van der Waals surface area (Å²) in [6, 6.07) is 0.183. The van der Waals surface area contributed by atoms with Gasteiger partial charge in [0, 0.05) is 32.7 Å². The van der Waals surface area contributed by atoms with E-state index in [9.17, 15) is 4.79 Å². The fourth-order valence-corrected chi connectivity index (χ4v) is 4.17. The highest BCUT2D eigenvalue weighted by Crippen LogP contribution is 2.27. The first-order valence-corrected chi connectivity index (χ1v) is 10.4. The highest BCUT2D eigenvalue weighted by atomic mass is 32.1. The summed E-state index contributed by atoms with van der Waals surface area (Å²) in [6.07, 6.45) is 1.90. The Morgan fingerprint density at radius 3 is 2.54 bits per heavy atom. The molecule has 2 aromatic heterocycles. The molecule has 0 radical (unpaired) electrons. The van der Waals surface area contributed by atoms with Crippen molar-refractivity contribution in [2.75, 3.05) is 33.2 Å². The first-order chi connectivity index (χ1) is 12.3. The summed E-state index contributed by atoms with van der Waals surface area (Å²) in [5, 5.41) is 0. The third-order valence-electron chi connectivity index (χ3n) is 5.24. The zero-order chi connectivity index (χ0) is 18.9. The molecule has 1 unspecified atom stereocenters. The van der Waals surface area contributed by atoms with Crippen molar-refractivity contribution in [3.05, 3.63) is 21.7 Å². The molecule has 2 aromatic rings. The summed E-state index contributed by atoms with van der Waals surface area (Å²) >= 11 is 1.46. The Labute approximate surface area is 159 Å². The van der Waals surface area contributed by atoms with E-state index in [4.69, 9.17) is 4.98 Å². The van der Waals surface area contributed by atoms with Gasteiger partial charge in [-0.1, -0.05) is 27.7 Å². The number of hydrogen-bond donors (Lipinski definition) is 0. The molecule has 1 atom stereocenters. The fourth-order valence-electron chi connectivity index (χ4n) is 3.52. The molecular formula is C19H31N5OS. The van der Waals surface area contributed by atoms with Crippen LogP contribution in [0.2, 0.25) is 0 Å². The fraction of sp³-hybridized carbons (Fsp3) is 0.737. The van der Waals surface area contributed by atoms with Gasteiger partial charge in [0.25, 0.3) is 5.56 Å². The topological polar surface area (TPSA) is 54.3 Å². The predicted molar refractivity (Wildman–Crippen MR) is 108 cm³/mol. The molecule has 0 aromatic carbocycles. The first kappa shape index (κ1) is 19.5. The van der Waals surface area contributed by atoms with Crippen molar-refractivity contribution in [1.82, 2.24) is 24.3 Å². The number of piperazine rings is 1. The van der Waals surface area contributed by atoms with Gasteiger partial charge in [0.15, 0.2) is 10.3 Å². The summed E-state index contributed by atoms with van der Waals surface area (Å²) in [7, 11) is 2.17. The van der Waals surface area contributed by atoms with Gasteiger partial charge in [-0.05, 0) is 25.3 Å². The Balaban J connectivity index is 2.02. The lowest BCUT2D eigenvalue weighted by Gasteiger charge is -2.38. The number of hydrogen-bond acceptors (Lipinski definition) is 6. The van der Waals surface area contributed by atoms with Gasteiger partial charge in [-0.3, -0.25) is 14.3 Å². The van der Waals surface area contributed by atoms with Crippen LogP contribution in [0, 0.1) is 5.41 Å². The van der Waals surface area contributed by atoms with E-state index >= 15 is 0 Å². The molecule has 0 amide bonds.